The number of hydrogen-bond donors (Lipinski definition) is 1. The molecule has 1 N–H and O–H groups in total. The van der Waals surface area contributed by atoms with E-state index in [-0.39, 0.29) is 17.6 Å². The minimum absolute atomic E-state index is 0.185. The first-order valence-corrected chi connectivity index (χ1v) is 8.11. The topological polar surface area (TPSA) is 116 Å². The molecule has 0 aliphatic rings. The van der Waals surface area contributed by atoms with E-state index >= 15 is 0 Å². The van der Waals surface area contributed by atoms with E-state index in [0.29, 0.717) is 11.3 Å². The lowest BCUT2D eigenvalue weighted by molar-refractivity contribution is -0.142. The monoisotopic (exact) mass is 381 g/mol. The van der Waals surface area contributed by atoms with Crippen molar-refractivity contribution in [2.75, 3.05) is 13.7 Å². The molecule has 2 aromatic heterocycles. The molecule has 0 aliphatic heterocycles. The molecule has 0 aliphatic carbocycles. The van der Waals surface area contributed by atoms with E-state index < -0.39 is 28.7 Å². The Morgan fingerprint density at radius 3 is 2.82 bits per heavy atom. The van der Waals surface area contributed by atoms with Gasteiger partial charge in [0.25, 0.3) is 0 Å². The number of hydrogen-bond acceptors (Lipinski definition) is 8. The summed E-state index contributed by atoms with van der Waals surface area (Å²) >= 11 is 0. The third-order valence-electron chi connectivity index (χ3n) is 3.78. The minimum atomic E-state index is -0.931. The Labute approximate surface area is 158 Å². The minimum Gasteiger partial charge on any atom is -0.506 e. The van der Waals surface area contributed by atoms with Gasteiger partial charge in [-0.15, -0.1) is 0 Å². The highest BCUT2D eigenvalue weighted by Crippen LogP contribution is 2.26. The number of rotatable bonds is 6. The van der Waals surface area contributed by atoms with Gasteiger partial charge in [0.1, 0.15) is 22.6 Å². The van der Waals surface area contributed by atoms with Crippen molar-refractivity contribution in [1.29, 1.82) is 0 Å². The fraction of sp³-hybridized carbons (Fsp3) is 0.100. The second-order valence-corrected chi connectivity index (χ2v) is 5.63. The summed E-state index contributed by atoms with van der Waals surface area (Å²) in [6.45, 7) is -0.281. The fourth-order valence-corrected chi connectivity index (χ4v) is 2.41. The van der Waals surface area contributed by atoms with Crippen LogP contribution in [0.25, 0.3) is 17.0 Å². The third kappa shape index (κ3) is 4.07. The Bertz CT molecular complexity index is 1130. The van der Waals surface area contributed by atoms with E-state index in [1.165, 1.54) is 31.6 Å². The number of allylic oxidation sites excluding steroid dienone is 1. The van der Waals surface area contributed by atoms with Gasteiger partial charge in [-0.1, -0.05) is 12.1 Å². The molecule has 0 spiro atoms. The van der Waals surface area contributed by atoms with Crippen LogP contribution < -0.4 is 10.4 Å². The molecule has 8 nitrogen and oxygen atoms in total. The summed E-state index contributed by atoms with van der Waals surface area (Å²) in [5, 5.41) is 10.6. The van der Waals surface area contributed by atoms with Crippen LogP contribution in [-0.2, 0) is 9.53 Å². The first-order chi connectivity index (χ1) is 13.5. The quantitative estimate of drug-likeness (QED) is 0.299. The van der Waals surface area contributed by atoms with Gasteiger partial charge in [-0.05, 0) is 35.9 Å². The van der Waals surface area contributed by atoms with Crippen LogP contribution in [0.4, 0.5) is 0 Å². The molecule has 3 rings (SSSR count). The van der Waals surface area contributed by atoms with Gasteiger partial charge in [0.15, 0.2) is 12.4 Å². The van der Waals surface area contributed by atoms with Crippen molar-refractivity contribution in [3.8, 4) is 11.5 Å². The number of aromatic nitrogens is 1. The predicted molar refractivity (Wildman–Crippen MR) is 99.3 cm³/mol. The van der Waals surface area contributed by atoms with Gasteiger partial charge in [0.2, 0.25) is 0 Å². The Hall–Kier alpha value is -3.94. The zero-order chi connectivity index (χ0) is 20.1. The number of fused-ring (bicyclic) bond motifs is 1. The van der Waals surface area contributed by atoms with Crippen molar-refractivity contribution in [2.45, 2.75) is 0 Å². The summed E-state index contributed by atoms with van der Waals surface area (Å²) in [5.74, 6) is -1.41. The molecule has 142 valence electrons. The molecule has 0 saturated heterocycles. The van der Waals surface area contributed by atoms with E-state index in [4.69, 9.17) is 9.15 Å². The molecule has 1 aromatic carbocycles. The molecule has 8 heteroatoms. The average molecular weight is 381 g/mol. The van der Waals surface area contributed by atoms with Crippen molar-refractivity contribution in [2.24, 2.45) is 0 Å². The van der Waals surface area contributed by atoms with Gasteiger partial charge in [-0.2, -0.15) is 0 Å². The summed E-state index contributed by atoms with van der Waals surface area (Å²) in [5.41, 5.74) is -0.717. The largest absolute Gasteiger partial charge is 0.506 e. The number of ether oxygens (including phenoxy) is 2. The van der Waals surface area contributed by atoms with Gasteiger partial charge in [0, 0.05) is 6.20 Å². The number of benzene rings is 1. The maximum atomic E-state index is 12.4. The number of aromatic hydroxyl groups is 1. The van der Waals surface area contributed by atoms with Gasteiger partial charge < -0.3 is 19.0 Å². The van der Waals surface area contributed by atoms with Crippen LogP contribution in [-0.4, -0.2) is 35.6 Å². The fourth-order valence-electron chi connectivity index (χ4n) is 2.41. The van der Waals surface area contributed by atoms with Crippen LogP contribution in [0.1, 0.15) is 15.9 Å². The number of para-hydroxylation sites is 1. The maximum absolute atomic E-state index is 12.4. The lowest BCUT2D eigenvalue weighted by Crippen LogP contribution is -2.13. The SMILES string of the molecule is COC(=O)COc1cncc(/C=C/C(=O)c2c(O)c3ccccc3oc2=O)c1. The number of ketones is 1. The third-order valence-corrected chi connectivity index (χ3v) is 3.78. The van der Waals surface area contributed by atoms with Gasteiger partial charge in [-0.3, -0.25) is 9.78 Å². The Morgan fingerprint density at radius 1 is 1.25 bits per heavy atom. The highest BCUT2D eigenvalue weighted by Gasteiger charge is 2.18. The van der Waals surface area contributed by atoms with Crippen molar-refractivity contribution in [1.82, 2.24) is 4.98 Å². The van der Waals surface area contributed by atoms with Crippen LogP contribution in [0.5, 0.6) is 11.5 Å². The van der Waals surface area contributed by atoms with Crippen LogP contribution in [0.3, 0.4) is 0 Å². The number of methoxy groups -OCH3 is 1. The smallest absolute Gasteiger partial charge is 0.351 e. The molecule has 0 bridgehead atoms. The van der Waals surface area contributed by atoms with Crippen LogP contribution >= 0.6 is 0 Å². The molecule has 28 heavy (non-hydrogen) atoms. The first-order valence-electron chi connectivity index (χ1n) is 8.11. The maximum Gasteiger partial charge on any atom is 0.351 e. The van der Waals surface area contributed by atoms with Gasteiger partial charge >= 0.3 is 11.6 Å². The Morgan fingerprint density at radius 2 is 2.04 bits per heavy atom. The van der Waals surface area contributed by atoms with E-state index in [9.17, 15) is 19.5 Å². The molecule has 0 saturated carbocycles. The predicted octanol–water partition coefficient (Wildman–Crippen LogP) is 2.34. The van der Waals surface area contributed by atoms with Crippen molar-refractivity contribution in [3.05, 3.63) is 70.3 Å². The zero-order valence-corrected chi connectivity index (χ0v) is 14.7. The number of pyridine rings is 1. The van der Waals surface area contributed by atoms with E-state index in [1.807, 2.05) is 0 Å². The molecule has 0 fully saturated rings. The Balaban J connectivity index is 1.84. The highest BCUT2D eigenvalue weighted by molar-refractivity contribution is 6.10. The summed E-state index contributed by atoms with van der Waals surface area (Å²) in [6, 6.07) is 7.90. The molecular weight excluding hydrogens is 366 g/mol. The summed E-state index contributed by atoms with van der Waals surface area (Å²) in [4.78, 5) is 39.6. The summed E-state index contributed by atoms with van der Waals surface area (Å²) in [7, 11) is 1.24. The van der Waals surface area contributed by atoms with E-state index in [1.54, 1.807) is 24.3 Å². The van der Waals surface area contributed by atoms with Crippen LogP contribution in [0, 0.1) is 0 Å². The zero-order valence-electron chi connectivity index (χ0n) is 14.7. The summed E-state index contributed by atoms with van der Waals surface area (Å²) < 4.78 is 14.8. The van der Waals surface area contributed by atoms with E-state index in [2.05, 4.69) is 9.72 Å². The highest BCUT2D eigenvalue weighted by atomic mass is 16.6. The van der Waals surface area contributed by atoms with Crippen molar-refractivity contribution < 1.29 is 28.6 Å². The molecule has 0 amide bonds. The molecule has 0 unspecified atom stereocenters. The van der Waals surface area contributed by atoms with Crippen LogP contribution in [0.15, 0.2) is 58.0 Å². The molecule has 0 radical (unpaired) electrons. The lowest BCUT2D eigenvalue weighted by Gasteiger charge is -2.05. The molecular formula is C20H15NO7. The standard InChI is InChI=1S/C20H15NO7/c1-26-17(23)11-27-13-8-12(9-21-10-13)6-7-15(22)18-19(24)14-4-2-3-5-16(14)28-20(18)25/h2-10,24H,11H2,1H3/b7-6+. The molecule has 0 atom stereocenters. The van der Waals surface area contributed by atoms with E-state index in [0.717, 1.165) is 6.08 Å². The Kier molecular flexibility index (Phi) is 5.50. The average Bonchev–Trinajstić information content (AvgIpc) is 2.70. The number of nitrogens with zero attached hydrogens (tertiary/aromatic N) is 1. The lowest BCUT2D eigenvalue weighted by atomic mass is 10.1. The molecule has 2 heterocycles. The van der Waals surface area contributed by atoms with Gasteiger partial charge in [0.05, 0.1) is 18.7 Å². The van der Waals surface area contributed by atoms with Gasteiger partial charge in [-0.25, -0.2) is 9.59 Å². The molecule has 3 aromatic rings. The normalized spacial score (nSPS) is 10.9. The second kappa shape index (κ2) is 8.17. The van der Waals surface area contributed by atoms with Crippen molar-refractivity contribution in [3.63, 3.8) is 0 Å². The summed E-state index contributed by atoms with van der Waals surface area (Å²) in [6.07, 6.45) is 5.36. The number of esters is 1. The van der Waals surface area contributed by atoms with Crippen LogP contribution in [0.2, 0.25) is 0 Å². The number of carbonyl (C=O) groups is 2. The van der Waals surface area contributed by atoms with Crippen molar-refractivity contribution >= 4 is 28.8 Å². The first kappa shape index (κ1) is 18.8. The number of carbonyl (C=O) groups excluding carboxylic acids is 2. The second-order valence-electron chi connectivity index (χ2n) is 5.63.